The quantitative estimate of drug-likeness (QED) is 0.826. The minimum Gasteiger partial charge on any atom is -0.508 e. The number of aryl methyl sites for hydroxylation is 1. The minimum absolute atomic E-state index is 0.187. The van der Waals surface area contributed by atoms with Gasteiger partial charge in [-0.1, -0.05) is 30.3 Å². The molecule has 0 aromatic heterocycles. The zero-order valence-electron chi connectivity index (χ0n) is 11.6. The Balaban J connectivity index is 2.20. The average Bonchev–Trinajstić information content (AvgIpc) is 2.44. The number of ether oxygens (including phenoxy) is 1. The van der Waals surface area contributed by atoms with Crippen LogP contribution in [0.3, 0.4) is 0 Å². The molecule has 0 aliphatic heterocycles. The highest BCUT2D eigenvalue weighted by Gasteiger charge is 2.06. The molecule has 2 aromatic rings. The lowest BCUT2D eigenvalue weighted by Gasteiger charge is -2.12. The molecule has 0 heterocycles. The van der Waals surface area contributed by atoms with E-state index in [0.29, 0.717) is 17.9 Å². The zero-order valence-corrected chi connectivity index (χ0v) is 11.6. The molecule has 0 radical (unpaired) electrons. The van der Waals surface area contributed by atoms with E-state index in [4.69, 9.17) is 9.84 Å². The summed E-state index contributed by atoms with van der Waals surface area (Å²) >= 11 is 0. The van der Waals surface area contributed by atoms with Crippen LogP contribution in [0.25, 0.3) is 6.08 Å². The molecule has 2 aromatic carbocycles. The predicted molar refractivity (Wildman–Crippen MR) is 80.3 cm³/mol. The number of aliphatic carboxylic acids is 1. The molecule has 0 spiro atoms. The lowest BCUT2D eigenvalue weighted by atomic mass is 10.1. The standard InChI is InChI=1S/C17H16O4/c1-12-4-2-6-14(8-9-16(19)20)17(12)21-11-13-5-3-7-15(18)10-13/h2-10,18H,11H2,1H3,(H,19,20)/b9-8+. The van der Waals surface area contributed by atoms with Gasteiger partial charge in [-0.15, -0.1) is 0 Å². The van der Waals surface area contributed by atoms with Crippen LogP contribution in [0.15, 0.2) is 48.5 Å². The lowest BCUT2D eigenvalue weighted by Crippen LogP contribution is -1.99. The second-order valence-electron chi connectivity index (χ2n) is 4.62. The number of hydrogen-bond acceptors (Lipinski definition) is 3. The molecule has 108 valence electrons. The highest BCUT2D eigenvalue weighted by Crippen LogP contribution is 2.26. The summed E-state index contributed by atoms with van der Waals surface area (Å²) in [6.45, 7) is 2.20. The lowest BCUT2D eigenvalue weighted by molar-refractivity contribution is -0.131. The summed E-state index contributed by atoms with van der Waals surface area (Å²) in [7, 11) is 0. The fourth-order valence-corrected chi connectivity index (χ4v) is 1.97. The Morgan fingerprint density at radius 2 is 2.00 bits per heavy atom. The van der Waals surface area contributed by atoms with Crippen molar-refractivity contribution in [3.8, 4) is 11.5 Å². The zero-order chi connectivity index (χ0) is 15.2. The third-order valence-electron chi connectivity index (χ3n) is 2.94. The first-order valence-electron chi connectivity index (χ1n) is 6.47. The maximum Gasteiger partial charge on any atom is 0.328 e. The Bertz CT molecular complexity index is 674. The van der Waals surface area contributed by atoms with Gasteiger partial charge in [0.15, 0.2) is 0 Å². The number of aromatic hydroxyl groups is 1. The Hall–Kier alpha value is -2.75. The van der Waals surface area contributed by atoms with Crippen molar-refractivity contribution in [2.45, 2.75) is 13.5 Å². The molecular formula is C17H16O4. The van der Waals surface area contributed by atoms with Gasteiger partial charge in [0.2, 0.25) is 0 Å². The van der Waals surface area contributed by atoms with Crippen LogP contribution in [-0.4, -0.2) is 16.2 Å². The third-order valence-corrected chi connectivity index (χ3v) is 2.94. The van der Waals surface area contributed by atoms with Crippen LogP contribution in [0.1, 0.15) is 16.7 Å². The molecule has 21 heavy (non-hydrogen) atoms. The van der Waals surface area contributed by atoms with E-state index in [9.17, 15) is 9.90 Å². The Morgan fingerprint density at radius 3 is 2.71 bits per heavy atom. The fraction of sp³-hybridized carbons (Fsp3) is 0.118. The molecule has 0 bridgehead atoms. The highest BCUT2D eigenvalue weighted by molar-refractivity contribution is 5.86. The summed E-state index contributed by atoms with van der Waals surface area (Å²) in [6, 6.07) is 12.4. The van der Waals surface area contributed by atoms with Crippen molar-refractivity contribution in [1.82, 2.24) is 0 Å². The predicted octanol–water partition coefficient (Wildman–Crippen LogP) is 3.38. The maximum absolute atomic E-state index is 10.6. The van der Waals surface area contributed by atoms with Gasteiger partial charge in [-0.2, -0.15) is 0 Å². The molecule has 0 unspecified atom stereocenters. The van der Waals surface area contributed by atoms with Gasteiger partial charge in [0.1, 0.15) is 18.1 Å². The van der Waals surface area contributed by atoms with Crippen LogP contribution in [0.5, 0.6) is 11.5 Å². The van der Waals surface area contributed by atoms with E-state index in [1.54, 1.807) is 24.3 Å². The molecular weight excluding hydrogens is 268 g/mol. The van der Waals surface area contributed by atoms with Gasteiger partial charge in [0, 0.05) is 11.6 Å². The van der Waals surface area contributed by atoms with Gasteiger partial charge in [-0.05, 0) is 36.3 Å². The van der Waals surface area contributed by atoms with E-state index >= 15 is 0 Å². The van der Waals surface area contributed by atoms with Crippen molar-refractivity contribution in [2.24, 2.45) is 0 Å². The van der Waals surface area contributed by atoms with Crippen molar-refractivity contribution in [2.75, 3.05) is 0 Å². The number of para-hydroxylation sites is 1. The molecule has 0 saturated heterocycles. The van der Waals surface area contributed by atoms with Crippen LogP contribution in [0, 0.1) is 6.92 Å². The van der Waals surface area contributed by atoms with Gasteiger partial charge < -0.3 is 14.9 Å². The average molecular weight is 284 g/mol. The minimum atomic E-state index is -1.00. The van der Waals surface area contributed by atoms with E-state index < -0.39 is 5.97 Å². The summed E-state index contributed by atoms with van der Waals surface area (Å²) in [4.78, 5) is 10.6. The van der Waals surface area contributed by atoms with E-state index in [-0.39, 0.29) is 5.75 Å². The maximum atomic E-state index is 10.6. The molecule has 2 N–H and O–H groups in total. The Kier molecular flexibility index (Phi) is 4.61. The molecule has 0 atom stereocenters. The number of benzene rings is 2. The van der Waals surface area contributed by atoms with E-state index in [2.05, 4.69) is 0 Å². The van der Waals surface area contributed by atoms with E-state index in [1.807, 2.05) is 25.1 Å². The fourth-order valence-electron chi connectivity index (χ4n) is 1.97. The number of rotatable bonds is 5. The summed E-state index contributed by atoms with van der Waals surface area (Å²) in [5.74, 6) is -0.180. The molecule has 0 fully saturated rings. The largest absolute Gasteiger partial charge is 0.508 e. The van der Waals surface area contributed by atoms with Crippen molar-refractivity contribution in [1.29, 1.82) is 0 Å². The number of hydrogen-bond donors (Lipinski definition) is 2. The van der Waals surface area contributed by atoms with Gasteiger partial charge in [0.05, 0.1) is 0 Å². The molecule has 4 heteroatoms. The van der Waals surface area contributed by atoms with Crippen molar-refractivity contribution < 1.29 is 19.7 Å². The molecule has 4 nitrogen and oxygen atoms in total. The van der Waals surface area contributed by atoms with E-state index in [1.165, 1.54) is 6.08 Å². The van der Waals surface area contributed by atoms with Gasteiger partial charge in [-0.25, -0.2) is 4.79 Å². The van der Waals surface area contributed by atoms with Crippen molar-refractivity contribution in [3.05, 3.63) is 65.2 Å². The summed E-state index contributed by atoms with van der Waals surface area (Å²) in [5, 5.41) is 18.2. The smallest absolute Gasteiger partial charge is 0.328 e. The first-order chi connectivity index (χ1) is 10.1. The molecule has 0 aliphatic carbocycles. The van der Waals surface area contributed by atoms with Crippen molar-refractivity contribution >= 4 is 12.0 Å². The monoisotopic (exact) mass is 284 g/mol. The summed E-state index contributed by atoms with van der Waals surface area (Å²) < 4.78 is 5.79. The molecule has 0 amide bonds. The van der Waals surface area contributed by atoms with Gasteiger partial charge in [0.25, 0.3) is 0 Å². The van der Waals surface area contributed by atoms with Crippen LogP contribution in [0.4, 0.5) is 0 Å². The number of carbonyl (C=O) groups is 1. The number of carboxylic acids is 1. The van der Waals surface area contributed by atoms with Gasteiger partial charge >= 0.3 is 5.97 Å². The first kappa shape index (κ1) is 14.7. The summed E-state index contributed by atoms with van der Waals surface area (Å²) in [6.07, 6.45) is 2.59. The number of carboxylic acid groups (broad SMARTS) is 1. The van der Waals surface area contributed by atoms with Crippen LogP contribution in [0.2, 0.25) is 0 Å². The van der Waals surface area contributed by atoms with Crippen LogP contribution < -0.4 is 4.74 Å². The normalized spacial score (nSPS) is 10.7. The second-order valence-corrected chi connectivity index (χ2v) is 4.62. The molecule has 0 saturated carbocycles. The molecule has 0 aliphatic rings. The van der Waals surface area contributed by atoms with Gasteiger partial charge in [-0.3, -0.25) is 0 Å². The molecule has 2 rings (SSSR count). The Morgan fingerprint density at radius 1 is 1.24 bits per heavy atom. The van der Waals surface area contributed by atoms with Crippen molar-refractivity contribution in [3.63, 3.8) is 0 Å². The first-order valence-corrected chi connectivity index (χ1v) is 6.47. The SMILES string of the molecule is Cc1cccc(/C=C/C(=O)O)c1OCc1cccc(O)c1. The number of phenolic OH excluding ortho intramolecular Hbond substituents is 1. The van der Waals surface area contributed by atoms with E-state index in [0.717, 1.165) is 17.2 Å². The van der Waals surface area contributed by atoms with Crippen LogP contribution >= 0.6 is 0 Å². The second kappa shape index (κ2) is 6.61. The Labute approximate surface area is 122 Å². The van der Waals surface area contributed by atoms with Crippen LogP contribution in [-0.2, 0) is 11.4 Å². The topological polar surface area (TPSA) is 66.8 Å². The third kappa shape index (κ3) is 4.11. The highest BCUT2D eigenvalue weighted by atomic mass is 16.5. The summed E-state index contributed by atoms with van der Waals surface area (Å²) in [5.41, 5.74) is 2.46. The number of phenols is 1.